The van der Waals surface area contributed by atoms with Crippen molar-refractivity contribution in [3.8, 4) is 5.75 Å². The average Bonchev–Trinajstić information content (AvgIpc) is 2.56. The highest BCUT2D eigenvalue weighted by molar-refractivity contribution is 5.98. The van der Waals surface area contributed by atoms with Gasteiger partial charge in [0.05, 0.1) is 18.4 Å². The fraction of sp³-hybridized carbons (Fsp3) is 0.294. The highest BCUT2D eigenvalue weighted by atomic mass is 19.3. The van der Waals surface area contributed by atoms with E-state index >= 15 is 0 Å². The number of hydrogen-bond donors (Lipinski definition) is 2. The van der Waals surface area contributed by atoms with Gasteiger partial charge >= 0.3 is 11.8 Å². The lowest BCUT2D eigenvalue weighted by Crippen LogP contribution is -2.34. The van der Waals surface area contributed by atoms with Crippen LogP contribution in [0.4, 0.5) is 14.5 Å². The van der Waals surface area contributed by atoms with Gasteiger partial charge in [-0.25, -0.2) is 0 Å². The number of nitrogens with zero attached hydrogens (tertiary/aromatic N) is 1. The van der Waals surface area contributed by atoms with E-state index in [1.54, 1.807) is 12.1 Å². The molecule has 0 spiro atoms. The van der Waals surface area contributed by atoms with Gasteiger partial charge in [-0.05, 0) is 24.6 Å². The van der Waals surface area contributed by atoms with Crippen LogP contribution >= 0.6 is 0 Å². The molecule has 24 heavy (non-hydrogen) atoms. The van der Waals surface area contributed by atoms with Gasteiger partial charge in [0.15, 0.2) is 0 Å². The van der Waals surface area contributed by atoms with Crippen LogP contribution in [0.25, 0.3) is 0 Å². The van der Waals surface area contributed by atoms with Crippen molar-refractivity contribution in [3.05, 3.63) is 53.3 Å². The number of aromatic nitrogens is 1. The molecule has 2 N–H and O–H groups in total. The number of pyridine rings is 1. The smallest absolute Gasteiger partial charge is 0.366 e. The molecule has 1 aliphatic rings. The van der Waals surface area contributed by atoms with Crippen LogP contribution in [-0.2, 0) is 10.7 Å². The lowest BCUT2D eigenvalue weighted by Gasteiger charge is -2.25. The van der Waals surface area contributed by atoms with Gasteiger partial charge in [0.1, 0.15) is 11.4 Å². The van der Waals surface area contributed by atoms with Gasteiger partial charge in [0.2, 0.25) is 0 Å². The monoisotopic (exact) mass is 334 g/mol. The molecule has 7 heteroatoms. The Bertz CT molecular complexity index is 780. The maximum atomic E-state index is 14.4. The first-order chi connectivity index (χ1) is 11.4. The van der Waals surface area contributed by atoms with Gasteiger partial charge in [0.25, 0.3) is 0 Å². The van der Waals surface area contributed by atoms with Crippen LogP contribution < -0.4 is 10.1 Å². The Balaban J connectivity index is 1.91. The molecule has 0 aliphatic carbocycles. The molecule has 1 aromatic carbocycles. The van der Waals surface area contributed by atoms with E-state index in [0.29, 0.717) is 12.0 Å². The zero-order valence-corrected chi connectivity index (χ0v) is 12.9. The number of aliphatic hydroxyl groups excluding tert-OH is 1. The summed E-state index contributed by atoms with van der Waals surface area (Å²) in [5.41, 5.74) is 0.202. The molecule has 1 aliphatic heterocycles. The predicted molar refractivity (Wildman–Crippen MR) is 83.0 cm³/mol. The van der Waals surface area contributed by atoms with E-state index in [1.807, 2.05) is 0 Å². The molecule has 0 bridgehead atoms. The molecule has 2 heterocycles. The maximum Gasteiger partial charge on any atom is 0.366 e. The predicted octanol–water partition coefficient (Wildman–Crippen LogP) is 2.94. The van der Waals surface area contributed by atoms with E-state index in [2.05, 4.69) is 10.3 Å². The molecule has 1 amide bonds. The number of para-hydroxylation sites is 1. The van der Waals surface area contributed by atoms with Crippen LogP contribution in [0.15, 0.2) is 36.5 Å². The molecular weight excluding hydrogens is 318 g/mol. The first-order valence-corrected chi connectivity index (χ1v) is 7.46. The Morgan fingerprint density at radius 1 is 1.38 bits per heavy atom. The Morgan fingerprint density at radius 2 is 2.17 bits per heavy atom. The largest absolute Gasteiger partial charge is 0.491 e. The Labute approximate surface area is 137 Å². The molecule has 126 valence electrons. The minimum atomic E-state index is -3.79. The Morgan fingerprint density at radius 3 is 2.92 bits per heavy atom. The minimum absolute atomic E-state index is 0.101. The van der Waals surface area contributed by atoms with Crippen LogP contribution in [0, 0.1) is 6.92 Å². The molecule has 3 rings (SSSR count). The number of alkyl halides is 2. The number of amides is 1. The van der Waals surface area contributed by atoms with Gasteiger partial charge in [0, 0.05) is 18.2 Å². The van der Waals surface area contributed by atoms with Gasteiger partial charge in [-0.1, -0.05) is 18.2 Å². The number of aryl methyl sites for hydroxylation is 1. The topological polar surface area (TPSA) is 71.5 Å². The van der Waals surface area contributed by atoms with Gasteiger partial charge < -0.3 is 15.2 Å². The third-order valence-electron chi connectivity index (χ3n) is 3.88. The van der Waals surface area contributed by atoms with E-state index in [0.717, 1.165) is 0 Å². The molecule has 2 aromatic rings. The fourth-order valence-corrected chi connectivity index (χ4v) is 2.63. The van der Waals surface area contributed by atoms with Crippen LogP contribution in [0.2, 0.25) is 0 Å². The number of fused-ring (bicyclic) bond motifs is 1. The molecule has 0 radical (unpaired) electrons. The maximum absolute atomic E-state index is 14.4. The zero-order valence-electron chi connectivity index (χ0n) is 12.9. The molecule has 1 aromatic heterocycles. The summed E-state index contributed by atoms with van der Waals surface area (Å²) in [6.07, 6.45) is 0.880. The third kappa shape index (κ3) is 2.82. The first-order valence-electron chi connectivity index (χ1n) is 7.46. The number of benzene rings is 1. The second kappa shape index (κ2) is 6.16. The normalized spacial score (nSPS) is 16.9. The fourth-order valence-electron chi connectivity index (χ4n) is 2.63. The summed E-state index contributed by atoms with van der Waals surface area (Å²) in [6, 6.07) is 7.64. The van der Waals surface area contributed by atoms with E-state index in [1.165, 1.54) is 31.3 Å². The van der Waals surface area contributed by atoms with Crippen LogP contribution in [0.1, 0.15) is 29.3 Å². The molecular formula is C17H16F2N2O3. The first kappa shape index (κ1) is 16.3. The van der Waals surface area contributed by atoms with E-state index < -0.39 is 23.6 Å². The number of anilines is 1. The standard InChI is InChI=1S/C17H16F2N2O3/c1-10-4-3-8-20-15(10)17(18,19)16(23)21-12-6-2-5-11-13(22)7-9-24-14(11)12/h2-6,8,13,22H,7,9H2,1H3,(H,21,23)/t13-/m0/s1. The molecule has 0 saturated heterocycles. The summed E-state index contributed by atoms with van der Waals surface area (Å²) in [7, 11) is 0. The number of halogens is 2. The summed E-state index contributed by atoms with van der Waals surface area (Å²) in [5, 5.41) is 12.1. The molecule has 0 saturated carbocycles. The van der Waals surface area contributed by atoms with Crippen LogP contribution in [0.3, 0.4) is 0 Å². The summed E-state index contributed by atoms with van der Waals surface area (Å²) in [6.45, 7) is 1.71. The molecule has 0 unspecified atom stereocenters. The van der Waals surface area contributed by atoms with Crippen molar-refractivity contribution >= 4 is 11.6 Å². The van der Waals surface area contributed by atoms with Crippen LogP contribution in [0.5, 0.6) is 5.75 Å². The number of carbonyl (C=O) groups excluding carboxylic acids is 1. The third-order valence-corrected chi connectivity index (χ3v) is 3.88. The SMILES string of the molecule is Cc1cccnc1C(F)(F)C(=O)Nc1cccc2c1OCC[C@@H]2O. The quantitative estimate of drug-likeness (QED) is 0.905. The highest BCUT2D eigenvalue weighted by Crippen LogP contribution is 2.39. The lowest BCUT2D eigenvalue weighted by atomic mass is 10.0. The summed E-state index contributed by atoms with van der Waals surface area (Å²) < 4.78 is 34.3. The number of hydrogen-bond acceptors (Lipinski definition) is 4. The number of nitrogens with one attached hydrogen (secondary N) is 1. The molecule has 1 atom stereocenters. The van der Waals surface area contributed by atoms with Crippen molar-refractivity contribution < 1.29 is 23.4 Å². The van der Waals surface area contributed by atoms with E-state index in [9.17, 15) is 18.7 Å². The van der Waals surface area contributed by atoms with Crippen molar-refractivity contribution in [1.29, 1.82) is 0 Å². The average molecular weight is 334 g/mol. The summed E-state index contributed by atoms with van der Waals surface area (Å²) in [5.74, 6) is -5.07. The van der Waals surface area contributed by atoms with Crippen molar-refractivity contribution in [3.63, 3.8) is 0 Å². The summed E-state index contributed by atoms with van der Waals surface area (Å²) >= 11 is 0. The van der Waals surface area contributed by atoms with Gasteiger partial charge in [-0.15, -0.1) is 0 Å². The van der Waals surface area contributed by atoms with Crippen molar-refractivity contribution in [2.75, 3.05) is 11.9 Å². The van der Waals surface area contributed by atoms with Crippen molar-refractivity contribution in [2.45, 2.75) is 25.4 Å². The van der Waals surface area contributed by atoms with Gasteiger partial charge in [-0.3, -0.25) is 9.78 Å². The number of rotatable bonds is 3. The van der Waals surface area contributed by atoms with E-state index in [-0.39, 0.29) is 23.6 Å². The molecule has 0 fully saturated rings. The lowest BCUT2D eigenvalue weighted by molar-refractivity contribution is -0.141. The Kier molecular flexibility index (Phi) is 4.19. The van der Waals surface area contributed by atoms with E-state index in [4.69, 9.17) is 4.74 Å². The number of ether oxygens (including phenoxy) is 1. The number of aliphatic hydroxyl groups is 1. The second-order valence-electron chi connectivity index (χ2n) is 5.57. The van der Waals surface area contributed by atoms with Gasteiger partial charge in [-0.2, -0.15) is 8.78 Å². The highest BCUT2D eigenvalue weighted by Gasteiger charge is 2.44. The number of carbonyl (C=O) groups is 1. The Hall–Kier alpha value is -2.54. The molecule has 5 nitrogen and oxygen atoms in total. The second-order valence-corrected chi connectivity index (χ2v) is 5.57. The summed E-state index contributed by atoms with van der Waals surface area (Å²) in [4.78, 5) is 15.8. The zero-order chi connectivity index (χ0) is 17.3. The van der Waals surface area contributed by atoms with Crippen LogP contribution in [-0.4, -0.2) is 22.6 Å². The van der Waals surface area contributed by atoms with Crippen molar-refractivity contribution in [1.82, 2.24) is 4.98 Å². The van der Waals surface area contributed by atoms with Crippen molar-refractivity contribution in [2.24, 2.45) is 0 Å². The minimum Gasteiger partial charge on any atom is -0.491 e.